The van der Waals surface area contributed by atoms with Gasteiger partial charge in [0, 0.05) is 38.0 Å². The average Bonchev–Trinajstić information content (AvgIpc) is 3.73. The van der Waals surface area contributed by atoms with Crippen molar-refractivity contribution in [1.29, 1.82) is 0 Å². The molecule has 0 unspecified atom stereocenters. The van der Waals surface area contributed by atoms with E-state index in [2.05, 4.69) is 203 Å². The lowest BCUT2D eigenvalue weighted by Crippen LogP contribution is -1.99. The average molecular weight is 661 g/mol. The Balaban J connectivity index is 1.31. The first-order valence-corrected chi connectivity index (χ1v) is 18.0. The van der Waals surface area contributed by atoms with Crippen molar-refractivity contribution >= 4 is 65.2 Å². The monoisotopic (exact) mass is 660 g/mol. The smallest absolute Gasteiger partial charge is 0.0641 e. The van der Waals surface area contributed by atoms with Crippen molar-refractivity contribution in [3.05, 3.63) is 194 Å². The Morgan fingerprint density at radius 2 is 0.808 bits per heavy atom. The summed E-state index contributed by atoms with van der Waals surface area (Å²) in [6.45, 7) is 0. The maximum absolute atomic E-state index is 2.53. The minimum Gasteiger partial charge on any atom is -0.309 e. The fourth-order valence-electron chi connectivity index (χ4n) is 8.74. The molecule has 0 aliphatic carbocycles. The van der Waals surface area contributed by atoms with Crippen molar-refractivity contribution < 1.29 is 0 Å². The lowest BCUT2D eigenvalue weighted by Gasteiger charge is -2.19. The molecule has 52 heavy (non-hydrogen) atoms. The molecule has 11 rings (SSSR count). The standard InChI is InChI=1S/C50H32N2/c1-3-16-33(17-4-1)35-20-15-21-36(32-35)51-44-28-13-11-22-37(44)42-30-31-46-48(50(42)51)43-27-12-14-29-45(43)52(46)49-40-25-9-7-23-38(40)47(34-18-5-2-6-19-34)39-24-8-10-26-41(39)49/h1-32H. The maximum atomic E-state index is 2.53. The highest BCUT2D eigenvalue weighted by atomic mass is 15.0. The highest BCUT2D eigenvalue weighted by molar-refractivity contribution is 6.28. The lowest BCUT2D eigenvalue weighted by molar-refractivity contribution is 1.18. The van der Waals surface area contributed by atoms with Gasteiger partial charge in [0.25, 0.3) is 0 Å². The molecule has 0 saturated heterocycles. The number of nitrogens with zero attached hydrogens (tertiary/aromatic N) is 2. The molecule has 0 aliphatic rings. The van der Waals surface area contributed by atoms with E-state index in [1.165, 1.54) is 93.1 Å². The Hall–Kier alpha value is -6.90. The second-order valence-corrected chi connectivity index (χ2v) is 13.7. The Labute approximate surface area is 301 Å². The molecule has 2 nitrogen and oxygen atoms in total. The molecule has 0 atom stereocenters. The van der Waals surface area contributed by atoms with E-state index < -0.39 is 0 Å². The zero-order chi connectivity index (χ0) is 34.2. The molecule has 2 aromatic heterocycles. The predicted octanol–water partition coefficient (Wildman–Crippen LogP) is 13.5. The Morgan fingerprint density at radius 3 is 1.48 bits per heavy atom. The van der Waals surface area contributed by atoms with Crippen LogP contribution in [0.15, 0.2) is 194 Å². The molecule has 2 heterocycles. The van der Waals surface area contributed by atoms with Gasteiger partial charge in [-0.3, -0.25) is 0 Å². The van der Waals surface area contributed by atoms with Crippen molar-refractivity contribution in [1.82, 2.24) is 9.13 Å². The molecule has 242 valence electrons. The van der Waals surface area contributed by atoms with Crippen LogP contribution >= 0.6 is 0 Å². The van der Waals surface area contributed by atoms with Gasteiger partial charge in [-0.1, -0.05) is 164 Å². The van der Waals surface area contributed by atoms with E-state index in [0.717, 1.165) is 5.69 Å². The molecule has 0 radical (unpaired) electrons. The number of hydrogen-bond donors (Lipinski definition) is 0. The maximum Gasteiger partial charge on any atom is 0.0641 e. The van der Waals surface area contributed by atoms with Crippen LogP contribution in [0.3, 0.4) is 0 Å². The van der Waals surface area contributed by atoms with Crippen LogP contribution in [0.4, 0.5) is 0 Å². The number of para-hydroxylation sites is 2. The van der Waals surface area contributed by atoms with Crippen molar-refractivity contribution in [2.24, 2.45) is 0 Å². The van der Waals surface area contributed by atoms with E-state index in [0.29, 0.717) is 0 Å². The van der Waals surface area contributed by atoms with Crippen LogP contribution in [-0.2, 0) is 0 Å². The summed E-state index contributed by atoms with van der Waals surface area (Å²) in [5.41, 5.74) is 12.1. The fourth-order valence-corrected chi connectivity index (χ4v) is 8.74. The highest BCUT2D eigenvalue weighted by Gasteiger charge is 2.24. The van der Waals surface area contributed by atoms with Gasteiger partial charge in [0.1, 0.15) is 0 Å². The van der Waals surface area contributed by atoms with Crippen molar-refractivity contribution in [2.45, 2.75) is 0 Å². The summed E-state index contributed by atoms with van der Waals surface area (Å²) in [5, 5.41) is 9.98. The second kappa shape index (κ2) is 11.3. The number of fused-ring (bicyclic) bond motifs is 9. The van der Waals surface area contributed by atoms with E-state index in [-0.39, 0.29) is 0 Å². The van der Waals surface area contributed by atoms with E-state index in [1.807, 2.05) is 0 Å². The summed E-state index contributed by atoms with van der Waals surface area (Å²) < 4.78 is 5.02. The first-order valence-electron chi connectivity index (χ1n) is 18.0. The Bertz CT molecular complexity index is 3110. The van der Waals surface area contributed by atoms with Gasteiger partial charge >= 0.3 is 0 Å². The van der Waals surface area contributed by atoms with Crippen molar-refractivity contribution in [3.63, 3.8) is 0 Å². The first-order chi connectivity index (χ1) is 25.8. The Morgan fingerprint density at radius 1 is 0.288 bits per heavy atom. The predicted molar refractivity (Wildman–Crippen MR) is 221 cm³/mol. The SMILES string of the molecule is c1ccc(-c2cccc(-n3c4ccccc4c4ccc5c(c6ccccc6n5-c5c6ccccc6c(-c6ccccc6)c6ccccc56)c43)c2)cc1. The van der Waals surface area contributed by atoms with Gasteiger partial charge in [0.15, 0.2) is 0 Å². The van der Waals surface area contributed by atoms with Crippen LogP contribution in [0.25, 0.3) is 98.8 Å². The molecular weight excluding hydrogens is 629 g/mol. The molecule has 0 saturated carbocycles. The van der Waals surface area contributed by atoms with E-state index in [4.69, 9.17) is 0 Å². The number of benzene rings is 9. The van der Waals surface area contributed by atoms with Gasteiger partial charge in [-0.25, -0.2) is 0 Å². The molecule has 11 aromatic rings. The number of hydrogen-bond acceptors (Lipinski definition) is 0. The van der Waals surface area contributed by atoms with Crippen molar-refractivity contribution in [3.8, 4) is 33.6 Å². The van der Waals surface area contributed by atoms with Crippen LogP contribution in [0, 0.1) is 0 Å². The lowest BCUT2D eigenvalue weighted by atomic mass is 9.90. The molecule has 2 heteroatoms. The molecule has 0 aliphatic heterocycles. The van der Waals surface area contributed by atoms with Crippen LogP contribution < -0.4 is 0 Å². The summed E-state index contributed by atoms with van der Waals surface area (Å²) in [7, 11) is 0. The summed E-state index contributed by atoms with van der Waals surface area (Å²) in [4.78, 5) is 0. The normalized spacial score (nSPS) is 11.8. The zero-order valence-electron chi connectivity index (χ0n) is 28.4. The zero-order valence-corrected chi connectivity index (χ0v) is 28.4. The third-order valence-corrected chi connectivity index (χ3v) is 10.9. The molecule has 0 amide bonds. The van der Waals surface area contributed by atoms with Gasteiger partial charge in [0.2, 0.25) is 0 Å². The minimum absolute atomic E-state index is 1.15. The first kappa shape index (κ1) is 28.9. The molecule has 9 aromatic carbocycles. The van der Waals surface area contributed by atoms with E-state index in [9.17, 15) is 0 Å². The van der Waals surface area contributed by atoms with Gasteiger partial charge in [0.05, 0.1) is 27.8 Å². The fraction of sp³-hybridized carbons (Fsp3) is 0. The van der Waals surface area contributed by atoms with Crippen molar-refractivity contribution in [2.75, 3.05) is 0 Å². The van der Waals surface area contributed by atoms with Gasteiger partial charge in [-0.15, -0.1) is 0 Å². The Kier molecular flexibility index (Phi) is 6.28. The van der Waals surface area contributed by atoms with Gasteiger partial charge in [-0.2, -0.15) is 0 Å². The van der Waals surface area contributed by atoms with E-state index in [1.54, 1.807) is 0 Å². The second-order valence-electron chi connectivity index (χ2n) is 13.7. The highest BCUT2D eigenvalue weighted by Crippen LogP contribution is 2.46. The summed E-state index contributed by atoms with van der Waals surface area (Å²) >= 11 is 0. The largest absolute Gasteiger partial charge is 0.309 e. The number of rotatable bonds is 4. The topological polar surface area (TPSA) is 9.86 Å². The van der Waals surface area contributed by atoms with Crippen LogP contribution in [-0.4, -0.2) is 9.13 Å². The van der Waals surface area contributed by atoms with Crippen LogP contribution in [0.5, 0.6) is 0 Å². The quantitative estimate of drug-likeness (QED) is 0.166. The third kappa shape index (κ3) is 4.12. The van der Waals surface area contributed by atoms with E-state index >= 15 is 0 Å². The molecule has 0 bridgehead atoms. The molecule has 0 spiro atoms. The molecular formula is C50H32N2. The van der Waals surface area contributed by atoms with Gasteiger partial charge < -0.3 is 9.13 Å². The van der Waals surface area contributed by atoms with Crippen LogP contribution in [0.1, 0.15) is 0 Å². The third-order valence-electron chi connectivity index (χ3n) is 10.9. The molecule has 0 N–H and O–H groups in total. The van der Waals surface area contributed by atoms with Crippen LogP contribution in [0.2, 0.25) is 0 Å². The minimum atomic E-state index is 1.15. The van der Waals surface area contributed by atoms with Gasteiger partial charge in [-0.05, 0) is 63.4 Å². The molecule has 0 fully saturated rings. The summed E-state index contributed by atoms with van der Waals surface area (Å²) in [6, 6.07) is 70.9. The summed E-state index contributed by atoms with van der Waals surface area (Å²) in [5.74, 6) is 0. The number of aromatic nitrogens is 2. The summed E-state index contributed by atoms with van der Waals surface area (Å²) in [6.07, 6.45) is 0.